The highest BCUT2D eigenvalue weighted by atomic mass is 14.9. The van der Waals surface area contributed by atoms with Crippen LogP contribution in [0.2, 0.25) is 0 Å². The summed E-state index contributed by atoms with van der Waals surface area (Å²) in [5, 5.41) is 3.62. The Morgan fingerprint density at radius 3 is 2.84 bits per heavy atom. The third-order valence-electron chi connectivity index (χ3n) is 5.24. The van der Waals surface area contributed by atoms with E-state index in [4.69, 9.17) is 0 Å². The van der Waals surface area contributed by atoms with E-state index in [-0.39, 0.29) is 0 Å². The monoisotopic (exact) mass is 257 g/mol. The minimum Gasteiger partial charge on any atom is -0.382 e. The molecule has 1 fully saturated rings. The number of benzene rings is 1. The molecule has 0 aromatic heterocycles. The Kier molecular flexibility index (Phi) is 3.81. The van der Waals surface area contributed by atoms with Crippen LogP contribution in [0.4, 0.5) is 5.69 Å². The average Bonchev–Trinajstić information content (AvgIpc) is 2.46. The van der Waals surface area contributed by atoms with Crippen molar-refractivity contribution in [1.82, 2.24) is 0 Å². The summed E-state index contributed by atoms with van der Waals surface area (Å²) in [6, 6.07) is 7.87. The fraction of sp³-hybridized carbons (Fsp3) is 0.667. The van der Waals surface area contributed by atoms with Crippen molar-refractivity contribution in [2.75, 3.05) is 5.32 Å². The first-order chi connectivity index (χ1) is 9.28. The number of hydrogen-bond donors (Lipinski definition) is 1. The van der Waals surface area contributed by atoms with E-state index in [0.29, 0.717) is 6.04 Å². The van der Waals surface area contributed by atoms with Gasteiger partial charge >= 0.3 is 0 Å². The first-order valence-corrected chi connectivity index (χ1v) is 8.17. The van der Waals surface area contributed by atoms with E-state index in [9.17, 15) is 0 Å². The summed E-state index contributed by atoms with van der Waals surface area (Å²) in [6.45, 7) is 4.65. The third-order valence-corrected chi connectivity index (χ3v) is 5.24. The molecule has 1 nitrogen and oxygen atoms in total. The predicted octanol–water partition coefficient (Wildman–Crippen LogP) is 5.12. The van der Waals surface area contributed by atoms with Gasteiger partial charge in [0.25, 0.3) is 0 Å². The first-order valence-electron chi connectivity index (χ1n) is 8.17. The summed E-state index contributed by atoms with van der Waals surface area (Å²) in [5.41, 5.74) is 4.55. The second-order valence-corrected chi connectivity index (χ2v) is 6.56. The Hall–Kier alpha value is -0.980. The van der Waals surface area contributed by atoms with Gasteiger partial charge in [0.2, 0.25) is 0 Å². The molecule has 0 saturated heterocycles. The van der Waals surface area contributed by atoms with Gasteiger partial charge in [-0.15, -0.1) is 0 Å². The maximum absolute atomic E-state index is 3.62. The van der Waals surface area contributed by atoms with Crippen molar-refractivity contribution in [3.05, 3.63) is 29.3 Å². The Labute approximate surface area is 117 Å². The number of hydrogen-bond acceptors (Lipinski definition) is 1. The highest BCUT2D eigenvalue weighted by molar-refractivity contribution is 5.55. The zero-order chi connectivity index (χ0) is 13.2. The molecule has 1 saturated carbocycles. The van der Waals surface area contributed by atoms with E-state index in [2.05, 4.69) is 37.4 Å². The fourth-order valence-electron chi connectivity index (χ4n) is 4.04. The van der Waals surface area contributed by atoms with E-state index in [0.717, 1.165) is 11.8 Å². The van der Waals surface area contributed by atoms with Gasteiger partial charge in [0.15, 0.2) is 0 Å². The SMILES string of the molecule is CCC1CCCCC1c1ccc2c(c1)CCC(C)N2. The van der Waals surface area contributed by atoms with Crippen LogP contribution in [0.1, 0.15) is 69.4 Å². The van der Waals surface area contributed by atoms with Crippen LogP contribution in [-0.4, -0.2) is 6.04 Å². The number of nitrogens with one attached hydrogen (secondary N) is 1. The highest BCUT2D eigenvalue weighted by Crippen LogP contribution is 2.40. The molecule has 3 rings (SSSR count). The molecule has 3 atom stereocenters. The second kappa shape index (κ2) is 5.56. The van der Waals surface area contributed by atoms with Crippen molar-refractivity contribution in [2.24, 2.45) is 5.92 Å². The normalized spacial score (nSPS) is 30.5. The lowest BCUT2D eigenvalue weighted by Gasteiger charge is -2.32. The van der Waals surface area contributed by atoms with Crippen LogP contribution in [0.3, 0.4) is 0 Å². The molecule has 1 N–H and O–H groups in total. The maximum atomic E-state index is 3.62. The molecule has 0 bridgehead atoms. The van der Waals surface area contributed by atoms with Gasteiger partial charge < -0.3 is 5.32 Å². The molecule has 2 aliphatic rings. The summed E-state index contributed by atoms with van der Waals surface area (Å²) in [5.74, 6) is 1.74. The van der Waals surface area contributed by atoms with Gasteiger partial charge in [0.05, 0.1) is 0 Å². The van der Waals surface area contributed by atoms with Gasteiger partial charge in [-0.1, -0.05) is 38.3 Å². The Morgan fingerprint density at radius 2 is 2.00 bits per heavy atom. The molecule has 1 aromatic carbocycles. The quantitative estimate of drug-likeness (QED) is 0.775. The Morgan fingerprint density at radius 1 is 1.16 bits per heavy atom. The van der Waals surface area contributed by atoms with Gasteiger partial charge in [-0.05, 0) is 61.6 Å². The number of rotatable bonds is 2. The molecule has 104 valence electrons. The largest absolute Gasteiger partial charge is 0.382 e. The molecule has 19 heavy (non-hydrogen) atoms. The molecule has 0 spiro atoms. The average molecular weight is 257 g/mol. The van der Waals surface area contributed by atoms with Crippen LogP contribution in [0.25, 0.3) is 0 Å². The summed E-state index contributed by atoms with van der Waals surface area (Å²) in [7, 11) is 0. The van der Waals surface area contributed by atoms with E-state index in [1.807, 2.05) is 0 Å². The standard InChI is InChI=1S/C18H27N/c1-3-14-6-4-5-7-17(14)15-10-11-18-16(12-15)9-8-13(2)19-18/h10-14,17,19H,3-9H2,1-2H3. The molecular weight excluding hydrogens is 230 g/mol. The fourth-order valence-corrected chi connectivity index (χ4v) is 4.04. The second-order valence-electron chi connectivity index (χ2n) is 6.56. The van der Waals surface area contributed by atoms with Crippen LogP contribution >= 0.6 is 0 Å². The van der Waals surface area contributed by atoms with Crippen LogP contribution in [0.5, 0.6) is 0 Å². The van der Waals surface area contributed by atoms with Crippen molar-refractivity contribution in [3.8, 4) is 0 Å². The van der Waals surface area contributed by atoms with E-state index in [1.54, 1.807) is 11.1 Å². The summed E-state index contributed by atoms with van der Waals surface area (Å²) < 4.78 is 0. The number of aryl methyl sites for hydroxylation is 1. The summed E-state index contributed by atoms with van der Waals surface area (Å²) in [6.07, 6.45) is 9.58. The minimum atomic E-state index is 0.636. The first kappa shape index (κ1) is 13.0. The maximum Gasteiger partial charge on any atom is 0.0374 e. The molecule has 1 aliphatic carbocycles. The lowest BCUT2D eigenvalue weighted by molar-refractivity contribution is 0.299. The van der Waals surface area contributed by atoms with Gasteiger partial charge in [0.1, 0.15) is 0 Å². The van der Waals surface area contributed by atoms with Crippen molar-refractivity contribution >= 4 is 5.69 Å². The highest BCUT2D eigenvalue weighted by Gasteiger charge is 2.26. The van der Waals surface area contributed by atoms with Crippen molar-refractivity contribution in [2.45, 2.75) is 70.8 Å². The molecule has 1 aliphatic heterocycles. The molecule has 0 amide bonds. The third kappa shape index (κ3) is 2.66. The zero-order valence-electron chi connectivity index (χ0n) is 12.4. The molecular formula is C18H27N. The van der Waals surface area contributed by atoms with Gasteiger partial charge in [-0.25, -0.2) is 0 Å². The van der Waals surface area contributed by atoms with Crippen LogP contribution < -0.4 is 5.32 Å². The van der Waals surface area contributed by atoms with Gasteiger partial charge in [-0.2, -0.15) is 0 Å². The lowest BCUT2D eigenvalue weighted by Crippen LogP contribution is -2.23. The van der Waals surface area contributed by atoms with Crippen molar-refractivity contribution in [1.29, 1.82) is 0 Å². The zero-order valence-corrected chi connectivity index (χ0v) is 12.4. The van der Waals surface area contributed by atoms with Gasteiger partial charge in [-0.3, -0.25) is 0 Å². The van der Waals surface area contributed by atoms with E-state index >= 15 is 0 Å². The summed E-state index contributed by atoms with van der Waals surface area (Å²) >= 11 is 0. The van der Waals surface area contributed by atoms with Crippen molar-refractivity contribution < 1.29 is 0 Å². The van der Waals surface area contributed by atoms with Crippen LogP contribution in [0.15, 0.2) is 18.2 Å². The smallest absolute Gasteiger partial charge is 0.0374 e. The lowest BCUT2D eigenvalue weighted by atomic mass is 9.74. The molecule has 1 aromatic rings. The van der Waals surface area contributed by atoms with E-state index in [1.165, 1.54) is 50.6 Å². The summed E-state index contributed by atoms with van der Waals surface area (Å²) in [4.78, 5) is 0. The Bertz CT molecular complexity index is 437. The van der Waals surface area contributed by atoms with E-state index < -0.39 is 0 Å². The topological polar surface area (TPSA) is 12.0 Å². The molecule has 0 radical (unpaired) electrons. The molecule has 3 unspecified atom stereocenters. The van der Waals surface area contributed by atoms with Crippen LogP contribution in [0, 0.1) is 5.92 Å². The van der Waals surface area contributed by atoms with Gasteiger partial charge in [0, 0.05) is 11.7 Å². The van der Waals surface area contributed by atoms with Crippen LogP contribution in [-0.2, 0) is 6.42 Å². The van der Waals surface area contributed by atoms with Crippen molar-refractivity contribution in [3.63, 3.8) is 0 Å². The Balaban J connectivity index is 1.85. The predicted molar refractivity (Wildman–Crippen MR) is 82.8 cm³/mol. The number of anilines is 1. The number of fused-ring (bicyclic) bond motifs is 1. The minimum absolute atomic E-state index is 0.636. The molecule has 1 heteroatoms. The molecule has 1 heterocycles.